The summed E-state index contributed by atoms with van der Waals surface area (Å²) in [5.41, 5.74) is 0.706. The highest BCUT2D eigenvalue weighted by Crippen LogP contribution is 2.38. The van der Waals surface area contributed by atoms with Gasteiger partial charge in [-0.2, -0.15) is 0 Å². The smallest absolute Gasteiger partial charge is 0.322 e. The Morgan fingerprint density at radius 1 is 1.00 bits per heavy atom. The van der Waals surface area contributed by atoms with Gasteiger partial charge in [-0.05, 0) is 43.0 Å². The first kappa shape index (κ1) is 17.5. The second-order valence-corrected chi connectivity index (χ2v) is 7.07. The highest BCUT2D eigenvalue weighted by Gasteiger charge is 2.47. The molecule has 0 unspecified atom stereocenters. The van der Waals surface area contributed by atoms with Crippen LogP contribution in [0.3, 0.4) is 0 Å². The third-order valence-electron chi connectivity index (χ3n) is 5.27. The Bertz CT molecular complexity index is 855. The van der Waals surface area contributed by atoms with E-state index in [0.717, 1.165) is 24.6 Å². The van der Waals surface area contributed by atoms with Gasteiger partial charge in [0.1, 0.15) is 11.6 Å². The molecule has 2 aromatic carbocycles. The summed E-state index contributed by atoms with van der Waals surface area (Å²) in [5.74, 6) is -1.41. The molecule has 2 aromatic rings. The third-order valence-corrected chi connectivity index (χ3v) is 5.27. The van der Waals surface area contributed by atoms with Crippen LogP contribution in [-0.2, 0) is 0 Å². The zero-order valence-electron chi connectivity index (χ0n) is 14.5. The lowest BCUT2D eigenvalue weighted by atomic mass is 10.0. The minimum absolute atomic E-state index is 0.00878. The van der Waals surface area contributed by atoms with E-state index in [1.807, 2.05) is 18.2 Å². The number of hydrogen-bond donors (Lipinski definition) is 2. The van der Waals surface area contributed by atoms with E-state index in [1.165, 1.54) is 0 Å². The van der Waals surface area contributed by atoms with E-state index in [2.05, 4.69) is 10.6 Å². The van der Waals surface area contributed by atoms with Gasteiger partial charge < -0.3 is 15.5 Å². The zero-order valence-corrected chi connectivity index (χ0v) is 14.5. The Kier molecular flexibility index (Phi) is 4.51. The van der Waals surface area contributed by atoms with Crippen molar-refractivity contribution in [1.82, 2.24) is 10.2 Å². The van der Waals surface area contributed by atoms with Crippen molar-refractivity contribution in [3.63, 3.8) is 0 Å². The van der Waals surface area contributed by atoms with Gasteiger partial charge in [0.2, 0.25) is 0 Å². The molecule has 2 bridgehead atoms. The van der Waals surface area contributed by atoms with Crippen LogP contribution in [0.25, 0.3) is 0 Å². The fraction of sp³-hybridized carbons (Fsp3) is 0.300. The number of anilines is 1. The van der Waals surface area contributed by atoms with E-state index in [-0.39, 0.29) is 35.6 Å². The summed E-state index contributed by atoms with van der Waals surface area (Å²) in [4.78, 5) is 26.5. The number of urea groups is 1. The van der Waals surface area contributed by atoms with Gasteiger partial charge in [0.15, 0.2) is 0 Å². The lowest BCUT2D eigenvalue weighted by Gasteiger charge is -2.32. The molecule has 2 fully saturated rings. The van der Waals surface area contributed by atoms with E-state index in [1.54, 1.807) is 17.0 Å². The number of fused-ring (bicyclic) bond motifs is 2. The minimum Gasteiger partial charge on any atom is -0.349 e. The first-order valence-electron chi connectivity index (χ1n) is 8.89. The number of piperidine rings is 1. The molecule has 27 heavy (non-hydrogen) atoms. The summed E-state index contributed by atoms with van der Waals surface area (Å²) in [7, 11) is 0. The van der Waals surface area contributed by atoms with Gasteiger partial charge >= 0.3 is 6.03 Å². The first-order valence-corrected chi connectivity index (χ1v) is 8.89. The number of halogens is 2. The maximum Gasteiger partial charge on any atom is 0.322 e. The standard InChI is InChI=1S/C20H19F2N3O2/c21-14-7-15(22)9-16(8-14)23-20(27)25-11-13-6-17(25)10-18(13)24-19(26)12-4-2-1-3-5-12/h1-5,7-9,13,17-18H,6,10-11H2,(H,23,27)(H,24,26)/t13-,17-,18-/m0/s1. The van der Waals surface area contributed by atoms with Gasteiger partial charge in [-0.1, -0.05) is 18.2 Å². The summed E-state index contributed by atoms with van der Waals surface area (Å²) in [6.45, 7) is 0.508. The predicted molar refractivity (Wildman–Crippen MR) is 96.3 cm³/mol. The molecule has 2 aliphatic rings. The van der Waals surface area contributed by atoms with Crippen molar-refractivity contribution in [3.8, 4) is 0 Å². The average Bonchev–Trinajstić information content (AvgIpc) is 3.22. The van der Waals surface area contributed by atoms with Crippen LogP contribution in [0, 0.1) is 17.6 Å². The highest BCUT2D eigenvalue weighted by molar-refractivity contribution is 5.94. The molecule has 3 atom stereocenters. The Hall–Kier alpha value is -2.96. The van der Waals surface area contributed by atoms with Gasteiger partial charge in [-0.15, -0.1) is 0 Å². The van der Waals surface area contributed by atoms with E-state index in [9.17, 15) is 18.4 Å². The van der Waals surface area contributed by atoms with Crippen molar-refractivity contribution in [3.05, 3.63) is 65.7 Å². The first-order chi connectivity index (χ1) is 13.0. The van der Waals surface area contributed by atoms with E-state index in [0.29, 0.717) is 18.5 Å². The molecule has 1 heterocycles. The van der Waals surface area contributed by atoms with Crippen LogP contribution in [0.5, 0.6) is 0 Å². The summed E-state index contributed by atoms with van der Waals surface area (Å²) < 4.78 is 26.5. The molecule has 1 saturated carbocycles. The molecular formula is C20H19F2N3O2. The van der Waals surface area contributed by atoms with Crippen molar-refractivity contribution in [2.75, 3.05) is 11.9 Å². The van der Waals surface area contributed by atoms with E-state index >= 15 is 0 Å². The maximum absolute atomic E-state index is 13.3. The van der Waals surface area contributed by atoms with Gasteiger partial charge in [0.25, 0.3) is 5.91 Å². The molecule has 140 valence electrons. The highest BCUT2D eigenvalue weighted by atomic mass is 19.1. The molecule has 3 amide bonds. The second-order valence-electron chi connectivity index (χ2n) is 7.07. The van der Waals surface area contributed by atoms with Crippen molar-refractivity contribution >= 4 is 17.6 Å². The van der Waals surface area contributed by atoms with Crippen molar-refractivity contribution in [2.45, 2.75) is 24.9 Å². The summed E-state index contributed by atoms with van der Waals surface area (Å²) >= 11 is 0. The van der Waals surface area contributed by atoms with Crippen LogP contribution in [-0.4, -0.2) is 35.5 Å². The second kappa shape index (κ2) is 6.98. The molecule has 1 saturated heterocycles. The Labute approximate surface area is 155 Å². The number of nitrogens with zero attached hydrogens (tertiary/aromatic N) is 1. The van der Waals surface area contributed by atoms with Crippen molar-refractivity contribution in [2.24, 2.45) is 5.92 Å². The molecule has 7 heteroatoms. The summed E-state index contributed by atoms with van der Waals surface area (Å²) in [5, 5.41) is 5.61. The number of rotatable bonds is 3. The number of nitrogens with one attached hydrogen (secondary N) is 2. The van der Waals surface area contributed by atoms with Crippen LogP contribution in [0.15, 0.2) is 48.5 Å². The van der Waals surface area contributed by atoms with Crippen LogP contribution >= 0.6 is 0 Å². The molecule has 5 nitrogen and oxygen atoms in total. The lowest BCUT2D eigenvalue weighted by Crippen LogP contribution is -2.48. The van der Waals surface area contributed by atoms with Crippen molar-refractivity contribution < 1.29 is 18.4 Å². The quantitative estimate of drug-likeness (QED) is 0.869. The minimum atomic E-state index is -0.739. The topological polar surface area (TPSA) is 61.4 Å². The lowest BCUT2D eigenvalue weighted by molar-refractivity contribution is 0.0915. The summed E-state index contributed by atoms with van der Waals surface area (Å²) in [6, 6.07) is 11.6. The molecule has 0 radical (unpaired) electrons. The number of carbonyl (C=O) groups excluding carboxylic acids is 2. The van der Waals surface area contributed by atoms with E-state index < -0.39 is 11.6 Å². The number of benzene rings is 2. The Balaban J connectivity index is 1.35. The zero-order chi connectivity index (χ0) is 19.0. The van der Waals surface area contributed by atoms with E-state index in [4.69, 9.17) is 0 Å². The largest absolute Gasteiger partial charge is 0.349 e. The summed E-state index contributed by atoms with van der Waals surface area (Å²) in [6.07, 6.45) is 1.48. The maximum atomic E-state index is 13.3. The predicted octanol–water partition coefficient (Wildman–Crippen LogP) is 3.39. The molecule has 0 aromatic heterocycles. The van der Waals surface area contributed by atoms with Crippen LogP contribution in [0.2, 0.25) is 0 Å². The van der Waals surface area contributed by atoms with Crippen LogP contribution in [0.4, 0.5) is 19.3 Å². The third kappa shape index (κ3) is 3.63. The van der Waals surface area contributed by atoms with Gasteiger partial charge in [0.05, 0.1) is 0 Å². The van der Waals surface area contributed by atoms with Crippen LogP contribution in [0.1, 0.15) is 23.2 Å². The number of hydrogen-bond acceptors (Lipinski definition) is 2. The normalized spacial score (nSPS) is 23.3. The molecule has 1 aliphatic heterocycles. The average molecular weight is 371 g/mol. The molecular weight excluding hydrogens is 352 g/mol. The Morgan fingerprint density at radius 2 is 1.70 bits per heavy atom. The van der Waals surface area contributed by atoms with Gasteiger partial charge in [-0.3, -0.25) is 4.79 Å². The molecule has 1 aliphatic carbocycles. The molecule has 4 rings (SSSR count). The SMILES string of the molecule is O=C(N[C@H]1C[C@@H]2C[C@H]1CN2C(=O)Nc1cc(F)cc(F)c1)c1ccccc1. The Morgan fingerprint density at radius 3 is 2.33 bits per heavy atom. The number of amides is 3. The molecule has 2 N–H and O–H groups in total. The fourth-order valence-corrected chi connectivity index (χ4v) is 4.04. The number of carbonyl (C=O) groups is 2. The van der Waals surface area contributed by atoms with Crippen LogP contribution < -0.4 is 10.6 Å². The van der Waals surface area contributed by atoms with Gasteiger partial charge in [-0.25, -0.2) is 13.6 Å². The monoisotopic (exact) mass is 371 g/mol. The van der Waals surface area contributed by atoms with Gasteiger partial charge in [0, 0.05) is 35.9 Å². The van der Waals surface area contributed by atoms with Crippen molar-refractivity contribution in [1.29, 1.82) is 0 Å². The molecule has 0 spiro atoms. The number of likely N-dealkylation sites (tertiary alicyclic amines) is 1. The fourth-order valence-electron chi connectivity index (χ4n) is 4.04.